The maximum absolute atomic E-state index is 12.7. The summed E-state index contributed by atoms with van der Waals surface area (Å²) in [6.07, 6.45) is 3.02. The van der Waals surface area contributed by atoms with Crippen molar-refractivity contribution in [2.45, 2.75) is 13.0 Å². The van der Waals surface area contributed by atoms with Crippen molar-refractivity contribution in [2.75, 3.05) is 0 Å². The van der Waals surface area contributed by atoms with Crippen LogP contribution >= 0.6 is 0 Å². The fourth-order valence-corrected chi connectivity index (χ4v) is 0.898. The fraction of sp³-hybridized carbons (Fsp3) is 0.222. The molecule has 0 fully saturated rings. The third kappa shape index (κ3) is 1.68. The van der Waals surface area contributed by atoms with E-state index in [9.17, 15) is 4.39 Å². The van der Waals surface area contributed by atoms with E-state index in [4.69, 9.17) is 5.73 Å². The van der Waals surface area contributed by atoms with E-state index in [-0.39, 0.29) is 6.04 Å². The number of aromatic nitrogens is 1. The first-order valence-electron chi connectivity index (χ1n) is 3.65. The Bertz CT molecular complexity index is 297. The molecule has 0 aromatic carbocycles. The average molecular weight is 166 g/mol. The van der Waals surface area contributed by atoms with Crippen molar-refractivity contribution in [1.82, 2.24) is 4.98 Å². The predicted molar refractivity (Wildman–Crippen MR) is 46.1 cm³/mol. The molecule has 0 unspecified atom stereocenters. The van der Waals surface area contributed by atoms with E-state index >= 15 is 0 Å². The normalized spacial score (nSPS) is 12.6. The summed E-state index contributed by atoms with van der Waals surface area (Å²) in [5.41, 5.74) is 6.92. The minimum absolute atomic E-state index is 0.267. The number of hydrogen-bond donors (Lipinski definition) is 1. The summed E-state index contributed by atoms with van der Waals surface area (Å²) in [5.74, 6) is -0.449. The van der Waals surface area contributed by atoms with Gasteiger partial charge in [0.2, 0.25) is 5.95 Å². The average Bonchev–Trinajstić information content (AvgIpc) is 2.08. The number of aryl methyl sites for hydroxylation is 1. The van der Waals surface area contributed by atoms with Crippen molar-refractivity contribution in [2.24, 2.45) is 5.73 Å². The number of rotatable bonds is 2. The zero-order chi connectivity index (χ0) is 9.14. The van der Waals surface area contributed by atoms with E-state index in [1.807, 2.05) is 0 Å². The molecule has 2 nitrogen and oxygen atoms in total. The summed E-state index contributed by atoms with van der Waals surface area (Å²) in [5, 5.41) is 0. The zero-order valence-electron chi connectivity index (χ0n) is 6.92. The number of nitrogens with two attached hydrogens (primary N) is 1. The Kier molecular flexibility index (Phi) is 2.55. The lowest BCUT2D eigenvalue weighted by Gasteiger charge is -2.06. The Labute approximate surface area is 70.9 Å². The lowest BCUT2D eigenvalue weighted by molar-refractivity contribution is 0.572. The minimum Gasteiger partial charge on any atom is -0.321 e. The number of pyridine rings is 1. The molecule has 2 N–H and O–H groups in total. The van der Waals surface area contributed by atoms with Crippen LogP contribution in [0.5, 0.6) is 0 Å². The van der Waals surface area contributed by atoms with E-state index in [0.717, 1.165) is 5.56 Å². The second kappa shape index (κ2) is 3.45. The Morgan fingerprint density at radius 2 is 2.42 bits per heavy atom. The monoisotopic (exact) mass is 166 g/mol. The van der Waals surface area contributed by atoms with Crippen molar-refractivity contribution in [1.29, 1.82) is 0 Å². The van der Waals surface area contributed by atoms with Crippen LogP contribution in [-0.2, 0) is 0 Å². The molecule has 0 spiro atoms. The molecule has 1 heterocycles. The van der Waals surface area contributed by atoms with Gasteiger partial charge in [-0.25, -0.2) is 4.98 Å². The van der Waals surface area contributed by atoms with Gasteiger partial charge in [0, 0.05) is 17.8 Å². The van der Waals surface area contributed by atoms with Crippen LogP contribution in [-0.4, -0.2) is 4.98 Å². The predicted octanol–water partition coefficient (Wildman–Crippen LogP) is 1.71. The molecule has 1 aromatic heterocycles. The van der Waals surface area contributed by atoms with Gasteiger partial charge in [-0.15, -0.1) is 6.58 Å². The molecule has 1 atom stereocenters. The highest BCUT2D eigenvalue weighted by atomic mass is 19.1. The first kappa shape index (κ1) is 8.87. The van der Waals surface area contributed by atoms with Crippen LogP contribution < -0.4 is 5.73 Å². The minimum atomic E-state index is -0.449. The Hall–Kier alpha value is -1.22. The van der Waals surface area contributed by atoms with Crippen LogP contribution in [0.25, 0.3) is 0 Å². The second-order valence-electron chi connectivity index (χ2n) is 2.64. The van der Waals surface area contributed by atoms with E-state index in [1.165, 1.54) is 6.20 Å². The molecule has 12 heavy (non-hydrogen) atoms. The van der Waals surface area contributed by atoms with Gasteiger partial charge in [-0.2, -0.15) is 4.39 Å². The van der Waals surface area contributed by atoms with Gasteiger partial charge in [-0.3, -0.25) is 0 Å². The molecule has 0 saturated heterocycles. The van der Waals surface area contributed by atoms with Gasteiger partial charge < -0.3 is 5.73 Å². The molecule has 0 amide bonds. The molecular weight excluding hydrogens is 155 g/mol. The topological polar surface area (TPSA) is 38.9 Å². The van der Waals surface area contributed by atoms with E-state index in [0.29, 0.717) is 5.56 Å². The maximum atomic E-state index is 12.7. The SMILES string of the molecule is C=C[C@@H](N)c1cnc(F)c(C)c1. The molecule has 0 aliphatic carbocycles. The van der Waals surface area contributed by atoms with Crippen molar-refractivity contribution in [3.8, 4) is 0 Å². The summed E-state index contributed by atoms with van der Waals surface area (Å²) in [4.78, 5) is 3.55. The quantitative estimate of drug-likeness (QED) is 0.536. The summed E-state index contributed by atoms with van der Waals surface area (Å²) >= 11 is 0. The number of nitrogens with zero attached hydrogens (tertiary/aromatic N) is 1. The fourth-order valence-electron chi connectivity index (χ4n) is 0.898. The van der Waals surface area contributed by atoms with E-state index in [1.54, 1.807) is 19.1 Å². The molecule has 3 heteroatoms. The highest BCUT2D eigenvalue weighted by Gasteiger charge is 2.04. The molecule has 0 saturated carbocycles. The van der Waals surface area contributed by atoms with Gasteiger partial charge in [0.1, 0.15) is 0 Å². The van der Waals surface area contributed by atoms with E-state index < -0.39 is 5.95 Å². The zero-order valence-corrected chi connectivity index (χ0v) is 6.92. The number of hydrogen-bond acceptors (Lipinski definition) is 2. The van der Waals surface area contributed by atoms with Gasteiger partial charge in [-0.05, 0) is 18.6 Å². The largest absolute Gasteiger partial charge is 0.321 e. The van der Waals surface area contributed by atoms with Crippen molar-refractivity contribution < 1.29 is 4.39 Å². The molecule has 0 aliphatic heterocycles. The van der Waals surface area contributed by atoms with Crippen LogP contribution in [0.1, 0.15) is 17.2 Å². The van der Waals surface area contributed by atoms with Crippen molar-refractivity contribution in [3.63, 3.8) is 0 Å². The van der Waals surface area contributed by atoms with Crippen molar-refractivity contribution >= 4 is 0 Å². The standard InChI is InChI=1S/C9H11FN2/c1-3-8(11)7-4-6(2)9(10)12-5-7/h3-5,8H,1,11H2,2H3/t8-/m1/s1. The van der Waals surface area contributed by atoms with Crippen LogP contribution in [0.2, 0.25) is 0 Å². The summed E-state index contributed by atoms with van der Waals surface area (Å²) in [6, 6.07) is 1.41. The van der Waals surface area contributed by atoms with Crippen LogP contribution in [0.3, 0.4) is 0 Å². The van der Waals surface area contributed by atoms with Gasteiger partial charge >= 0.3 is 0 Å². The highest BCUT2D eigenvalue weighted by Crippen LogP contribution is 2.12. The molecule has 1 rings (SSSR count). The van der Waals surface area contributed by atoms with Crippen LogP contribution in [0.15, 0.2) is 24.9 Å². The van der Waals surface area contributed by atoms with E-state index in [2.05, 4.69) is 11.6 Å². The third-order valence-electron chi connectivity index (χ3n) is 1.67. The smallest absolute Gasteiger partial charge is 0.215 e. The molecule has 64 valence electrons. The first-order chi connectivity index (χ1) is 5.65. The van der Waals surface area contributed by atoms with Gasteiger partial charge in [-0.1, -0.05) is 6.08 Å². The summed E-state index contributed by atoms with van der Waals surface area (Å²) in [6.45, 7) is 5.20. The molecular formula is C9H11FN2. The summed E-state index contributed by atoms with van der Waals surface area (Å²) < 4.78 is 12.7. The third-order valence-corrected chi connectivity index (χ3v) is 1.67. The van der Waals surface area contributed by atoms with Crippen LogP contribution in [0, 0.1) is 12.9 Å². The second-order valence-corrected chi connectivity index (χ2v) is 2.64. The summed E-state index contributed by atoms with van der Waals surface area (Å²) in [7, 11) is 0. The highest BCUT2D eigenvalue weighted by molar-refractivity contribution is 5.23. The molecule has 0 radical (unpaired) electrons. The lowest BCUT2D eigenvalue weighted by Crippen LogP contribution is -2.07. The Morgan fingerprint density at radius 3 is 2.92 bits per heavy atom. The molecule has 0 aliphatic rings. The van der Waals surface area contributed by atoms with Crippen LogP contribution in [0.4, 0.5) is 4.39 Å². The van der Waals surface area contributed by atoms with Crippen molar-refractivity contribution in [3.05, 3.63) is 42.0 Å². The van der Waals surface area contributed by atoms with Gasteiger partial charge in [0.05, 0.1) is 0 Å². The lowest BCUT2D eigenvalue weighted by atomic mass is 10.1. The first-order valence-corrected chi connectivity index (χ1v) is 3.65. The number of halogens is 1. The molecule has 0 bridgehead atoms. The Morgan fingerprint density at radius 1 is 1.75 bits per heavy atom. The maximum Gasteiger partial charge on any atom is 0.215 e. The van der Waals surface area contributed by atoms with Gasteiger partial charge in [0.25, 0.3) is 0 Å². The Balaban J connectivity index is 3.04. The van der Waals surface area contributed by atoms with Gasteiger partial charge in [0.15, 0.2) is 0 Å². The molecule has 1 aromatic rings.